The molecule has 0 aliphatic rings. The van der Waals surface area contributed by atoms with E-state index in [1.54, 1.807) is 12.1 Å². The first-order chi connectivity index (χ1) is 10.0. The zero-order chi connectivity index (χ0) is 15.3. The SMILES string of the molecule is CCNc1ccc(S(=O)(=O)NCc2cccc(C)n2)cn1. The Kier molecular flexibility index (Phi) is 4.87. The molecule has 7 heteroatoms. The smallest absolute Gasteiger partial charge is 0.242 e. The van der Waals surface area contributed by atoms with Gasteiger partial charge in [0, 0.05) is 18.4 Å². The number of hydrogen-bond donors (Lipinski definition) is 2. The highest BCUT2D eigenvalue weighted by molar-refractivity contribution is 7.89. The highest BCUT2D eigenvalue weighted by atomic mass is 32.2. The van der Waals surface area contributed by atoms with Crippen LogP contribution in [0.25, 0.3) is 0 Å². The Balaban J connectivity index is 2.07. The van der Waals surface area contributed by atoms with Crippen molar-refractivity contribution < 1.29 is 8.42 Å². The number of hydrogen-bond acceptors (Lipinski definition) is 5. The Morgan fingerprint density at radius 2 is 2.00 bits per heavy atom. The van der Waals surface area contributed by atoms with E-state index < -0.39 is 10.0 Å². The summed E-state index contributed by atoms with van der Waals surface area (Å²) in [5.74, 6) is 0.650. The summed E-state index contributed by atoms with van der Waals surface area (Å²) in [5, 5.41) is 3.01. The average Bonchev–Trinajstić information content (AvgIpc) is 2.46. The molecule has 2 rings (SSSR count). The predicted molar refractivity (Wildman–Crippen MR) is 81.4 cm³/mol. The number of nitrogens with zero attached hydrogens (tertiary/aromatic N) is 2. The summed E-state index contributed by atoms with van der Waals surface area (Å²) in [4.78, 5) is 8.45. The lowest BCUT2D eigenvalue weighted by atomic mass is 10.3. The lowest BCUT2D eigenvalue weighted by Crippen LogP contribution is -2.24. The number of sulfonamides is 1. The van der Waals surface area contributed by atoms with Crippen LogP contribution in [0.15, 0.2) is 41.4 Å². The van der Waals surface area contributed by atoms with Crippen LogP contribution in [0.3, 0.4) is 0 Å². The molecule has 0 aliphatic heterocycles. The molecule has 0 radical (unpaired) electrons. The Morgan fingerprint density at radius 3 is 2.62 bits per heavy atom. The second-order valence-electron chi connectivity index (χ2n) is 4.50. The number of rotatable bonds is 6. The number of pyridine rings is 2. The van der Waals surface area contributed by atoms with Crippen LogP contribution in [0.1, 0.15) is 18.3 Å². The van der Waals surface area contributed by atoms with E-state index in [4.69, 9.17) is 0 Å². The summed E-state index contributed by atoms with van der Waals surface area (Å²) in [7, 11) is -3.58. The van der Waals surface area contributed by atoms with Crippen molar-refractivity contribution in [3.05, 3.63) is 47.9 Å². The summed E-state index contributed by atoms with van der Waals surface area (Å²) in [6, 6.07) is 8.65. The van der Waals surface area contributed by atoms with Gasteiger partial charge in [0.1, 0.15) is 10.7 Å². The predicted octanol–water partition coefficient (Wildman–Crippen LogP) is 1.70. The topological polar surface area (TPSA) is 84.0 Å². The summed E-state index contributed by atoms with van der Waals surface area (Å²) in [6.07, 6.45) is 1.34. The van der Waals surface area contributed by atoms with E-state index in [-0.39, 0.29) is 11.4 Å². The minimum absolute atomic E-state index is 0.136. The van der Waals surface area contributed by atoms with Crippen molar-refractivity contribution in [2.24, 2.45) is 0 Å². The molecule has 0 aliphatic carbocycles. The van der Waals surface area contributed by atoms with E-state index in [0.29, 0.717) is 11.5 Å². The van der Waals surface area contributed by atoms with Crippen LogP contribution in [0.2, 0.25) is 0 Å². The average molecular weight is 306 g/mol. The van der Waals surface area contributed by atoms with Crippen LogP contribution in [-0.4, -0.2) is 24.9 Å². The molecule has 112 valence electrons. The third-order valence-corrected chi connectivity index (χ3v) is 4.18. The molecule has 0 saturated heterocycles. The molecular formula is C14H18N4O2S. The summed E-state index contributed by atoms with van der Waals surface area (Å²) in [6.45, 7) is 4.69. The first kappa shape index (κ1) is 15.4. The summed E-state index contributed by atoms with van der Waals surface area (Å²) < 4.78 is 26.8. The van der Waals surface area contributed by atoms with Crippen molar-refractivity contribution in [2.45, 2.75) is 25.3 Å². The van der Waals surface area contributed by atoms with E-state index in [1.165, 1.54) is 12.3 Å². The lowest BCUT2D eigenvalue weighted by molar-refractivity contribution is 0.580. The normalized spacial score (nSPS) is 11.3. The molecule has 0 bridgehead atoms. The molecule has 0 saturated carbocycles. The highest BCUT2D eigenvalue weighted by Gasteiger charge is 2.14. The fourth-order valence-corrected chi connectivity index (χ4v) is 2.72. The molecule has 2 aromatic heterocycles. The van der Waals surface area contributed by atoms with Crippen LogP contribution < -0.4 is 10.0 Å². The van der Waals surface area contributed by atoms with Gasteiger partial charge < -0.3 is 5.32 Å². The van der Waals surface area contributed by atoms with Crippen LogP contribution in [0.4, 0.5) is 5.82 Å². The minimum atomic E-state index is -3.58. The van der Waals surface area contributed by atoms with Crippen LogP contribution in [0, 0.1) is 6.92 Å². The third kappa shape index (κ3) is 4.24. The van der Waals surface area contributed by atoms with Crippen molar-refractivity contribution >= 4 is 15.8 Å². The molecular weight excluding hydrogens is 288 g/mol. The molecule has 6 nitrogen and oxygen atoms in total. The standard InChI is InChI=1S/C14H18N4O2S/c1-3-15-14-8-7-13(10-16-14)21(19,20)17-9-12-6-4-5-11(2)18-12/h4-8,10,17H,3,9H2,1-2H3,(H,15,16). The van der Waals surface area contributed by atoms with Gasteiger partial charge >= 0.3 is 0 Å². The Labute approximate surface area is 124 Å². The largest absolute Gasteiger partial charge is 0.370 e. The van der Waals surface area contributed by atoms with Gasteiger partial charge in [-0.1, -0.05) is 6.07 Å². The van der Waals surface area contributed by atoms with Crippen LogP contribution >= 0.6 is 0 Å². The molecule has 21 heavy (non-hydrogen) atoms. The van der Waals surface area contributed by atoms with Gasteiger partial charge in [-0.05, 0) is 38.1 Å². The van der Waals surface area contributed by atoms with Gasteiger partial charge in [0.25, 0.3) is 0 Å². The Morgan fingerprint density at radius 1 is 1.19 bits per heavy atom. The number of aryl methyl sites for hydroxylation is 1. The number of anilines is 1. The van der Waals surface area contributed by atoms with E-state index in [0.717, 1.165) is 12.2 Å². The first-order valence-corrected chi connectivity index (χ1v) is 8.11. The fourth-order valence-electron chi connectivity index (χ4n) is 1.78. The molecule has 0 spiro atoms. The molecule has 2 N–H and O–H groups in total. The quantitative estimate of drug-likeness (QED) is 0.848. The molecule has 0 unspecified atom stereocenters. The van der Waals surface area contributed by atoms with Gasteiger partial charge in [0.2, 0.25) is 10.0 Å². The van der Waals surface area contributed by atoms with E-state index in [9.17, 15) is 8.42 Å². The molecule has 0 fully saturated rings. The molecule has 0 amide bonds. The number of aromatic nitrogens is 2. The fraction of sp³-hybridized carbons (Fsp3) is 0.286. The van der Waals surface area contributed by atoms with Gasteiger partial charge in [-0.3, -0.25) is 4.98 Å². The van der Waals surface area contributed by atoms with E-state index in [2.05, 4.69) is 20.0 Å². The summed E-state index contributed by atoms with van der Waals surface area (Å²) >= 11 is 0. The maximum absolute atomic E-state index is 12.2. The van der Waals surface area contributed by atoms with E-state index >= 15 is 0 Å². The van der Waals surface area contributed by atoms with Crippen molar-refractivity contribution in [3.63, 3.8) is 0 Å². The van der Waals surface area contributed by atoms with Crippen molar-refractivity contribution in [1.82, 2.24) is 14.7 Å². The van der Waals surface area contributed by atoms with Gasteiger partial charge in [-0.2, -0.15) is 0 Å². The van der Waals surface area contributed by atoms with Crippen molar-refractivity contribution in [2.75, 3.05) is 11.9 Å². The van der Waals surface area contributed by atoms with Gasteiger partial charge in [-0.25, -0.2) is 18.1 Å². The second kappa shape index (κ2) is 6.64. The Hall–Kier alpha value is -1.99. The monoisotopic (exact) mass is 306 g/mol. The Bertz CT molecular complexity index is 699. The summed E-state index contributed by atoms with van der Waals surface area (Å²) in [5.41, 5.74) is 1.53. The third-order valence-electron chi connectivity index (χ3n) is 2.79. The minimum Gasteiger partial charge on any atom is -0.370 e. The second-order valence-corrected chi connectivity index (χ2v) is 6.27. The van der Waals surface area contributed by atoms with Crippen LogP contribution in [0.5, 0.6) is 0 Å². The molecule has 2 heterocycles. The van der Waals surface area contributed by atoms with Gasteiger partial charge in [0.05, 0.1) is 12.2 Å². The van der Waals surface area contributed by atoms with Crippen molar-refractivity contribution in [1.29, 1.82) is 0 Å². The lowest BCUT2D eigenvalue weighted by Gasteiger charge is -2.08. The van der Waals surface area contributed by atoms with Crippen LogP contribution in [-0.2, 0) is 16.6 Å². The molecule has 0 aromatic carbocycles. The van der Waals surface area contributed by atoms with Crippen molar-refractivity contribution in [3.8, 4) is 0 Å². The van der Waals surface area contributed by atoms with Gasteiger partial charge in [-0.15, -0.1) is 0 Å². The highest BCUT2D eigenvalue weighted by Crippen LogP contribution is 2.11. The zero-order valence-corrected chi connectivity index (χ0v) is 12.8. The molecule has 2 aromatic rings. The van der Waals surface area contributed by atoms with Gasteiger partial charge in [0.15, 0.2) is 0 Å². The zero-order valence-electron chi connectivity index (χ0n) is 12.0. The molecule has 0 atom stereocenters. The maximum atomic E-state index is 12.2. The maximum Gasteiger partial charge on any atom is 0.242 e. The van der Waals surface area contributed by atoms with E-state index in [1.807, 2.05) is 26.0 Å². The number of nitrogens with one attached hydrogen (secondary N) is 2. The first-order valence-electron chi connectivity index (χ1n) is 6.63.